The van der Waals surface area contributed by atoms with Gasteiger partial charge in [-0.15, -0.1) is 0 Å². The zero-order valence-corrected chi connectivity index (χ0v) is 13.2. The van der Waals surface area contributed by atoms with Crippen molar-refractivity contribution in [2.75, 3.05) is 7.11 Å². The Morgan fingerprint density at radius 3 is 2.58 bits per heavy atom. The van der Waals surface area contributed by atoms with Crippen molar-refractivity contribution < 1.29 is 4.74 Å². The fourth-order valence-electron chi connectivity index (χ4n) is 3.06. The molecule has 2 rings (SSSR count). The van der Waals surface area contributed by atoms with Crippen LogP contribution in [-0.2, 0) is 11.2 Å². The second-order valence-corrected chi connectivity index (χ2v) is 6.42. The quantitative estimate of drug-likeness (QED) is 0.862. The molecular formula is C15H23BrN2O. The fourth-order valence-corrected chi connectivity index (χ4v) is 3.47. The molecule has 1 aromatic rings. The summed E-state index contributed by atoms with van der Waals surface area (Å²) in [6.45, 7) is 0. The van der Waals surface area contributed by atoms with E-state index in [1.807, 2.05) is 13.3 Å². The van der Waals surface area contributed by atoms with Crippen LogP contribution in [0.25, 0.3) is 0 Å². The maximum absolute atomic E-state index is 6.48. The molecule has 0 saturated heterocycles. The highest BCUT2D eigenvalue weighted by Gasteiger charge is 2.37. The Hall–Kier alpha value is -0.450. The van der Waals surface area contributed by atoms with Crippen molar-refractivity contribution in [2.45, 2.75) is 56.6 Å². The van der Waals surface area contributed by atoms with Crippen LogP contribution < -0.4 is 5.73 Å². The Labute approximate surface area is 124 Å². The first-order valence-electron chi connectivity index (χ1n) is 7.06. The lowest BCUT2D eigenvalue weighted by Crippen LogP contribution is -2.50. The van der Waals surface area contributed by atoms with Crippen molar-refractivity contribution in [3.8, 4) is 0 Å². The van der Waals surface area contributed by atoms with Gasteiger partial charge in [0.25, 0.3) is 0 Å². The van der Waals surface area contributed by atoms with Gasteiger partial charge in [-0.1, -0.05) is 25.7 Å². The van der Waals surface area contributed by atoms with Crippen LogP contribution in [0.4, 0.5) is 0 Å². The molecule has 106 valence electrons. The van der Waals surface area contributed by atoms with Crippen molar-refractivity contribution in [2.24, 2.45) is 5.73 Å². The lowest BCUT2D eigenvalue weighted by atomic mass is 9.83. The maximum atomic E-state index is 6.48. The summed E-state index contributed by atoms with van der Waals surface area (Å²) < 4.78 is 6.87. The first kappa shape index (κ1) is 14.9. The molecule has 1 unspecified atom stereocenters. The Morgan fingerprint density at radius 2 is 2.00 bits per heavy atom. The van der Waals surface area contributed by atoms with Crippen molar-refractivity contribution in [1.82, 2.24) is 4.98 Å². The van der Waals surface area contributed by atoms with Gasteiger partial charge in [-0.2, -0.15) is 0 Å². The van der Waals surface area contributed by atoms with Crippen LogP contribution in [0.15, 0.2) is 22.9 Å². The van der Waals surface area contributed by atoms with Crippen molar-refractivity contribution in [3.63, 3.8) is 0 Å². The Bertz CT molecular complexity index is 403. The number of halogens is 1. The van der Waals surface area contributed by atoms with Crippen LogP contribution in [0.1, 0.15) is 44.1 Å². The standard InChI is InChI=1S/C15H23BrN2O/c1-19-15(6-4-2-3-5-7-15)14(17)9-12-8-13(16)11-18-10-12/h8,10-11,14H,2-7,9,17H2,1H3. The molecule has 19 heavy (non-hydrogen) atoms. The molecule has 1 atom stereocenters. The number of rotatable bonds is 4. The van der Waals surface area contributed by atoms with Crippen LogP contribution in [0, 0.1) is 0 Å². The van der Waals surface area contributed by atoms with Gasteiger partial charge in [-0.3, -0.25) is 4.98 Å². The molecule has 1 aliphatic rings. The highest BCUT2D eigenvalue weighted by atomic mass is 79.9. The molecule has 0 amide bonds. The Morgan fingerprint density at radius 1 is 1.32 bits per heavy atom. The molecule has 2 N–H and O–H groups in total. The Kier molecular flexibility index (Phi) is 5.37. The van der Waals surface area contributed by atoms with Gasteiger partial charge in [-0.05, 0) is 46.8 Å². The van der Waals surface area contributed by atoms with Crippen molar-refractivity contribution in [1.29, 1.82) is 0 Å². The third-order valence-electron chi connectivity index (χ3n) is 4.25. The van der Waals surface area contributed by atoms with Crippen LogP contribution in [0.2, 0.25) is 0 Å². The minimum atomic E-state index is -0.154. The zero-order valence-electron chi connectivity index (χ0n) is 11.6. The van der Waals surface area contributed by atoms with Crippen LogP contribution >= 0.6 is 15.9 Å². The molecular weight excluding hydrogens is 304 g/mol. The third-order valence-corrected chi connectivity index (χ3v) is 4.68. The van der Waals surface area contributed by atoms with Gasteiger partial charge < -0.3 is 10.5 Å². The fraction of sp³-hybridized carbons (Fsp3) is 0.667. The van der Waals surface area contributed by atoms with E-state index in [4.69, 9.17) is 10.5 Å². The molecule has 1 aliphatic carbocycles. The van der Waals surface area contributed by atoms with E-state index in [1.54, 1.807) is 6.20 Å². The number of hydrogen-bond donors (Lipinski definition) is 1. The third kappa shape index (κ3) is 3.77. The number of nitrogens with zero attached hydrogens (tertiary/aromatic N) is 1. The summed E-state index contributed by atoms with van der Waals surface area (Å²) in [5.74, 6) is 0. The SMILES string of the molecule is COC1(C(N)Cc2cncc(Br)c2)CCCCCC1. The van der Waals surface area contributed by atoms with E-state index in [0.29, 0.717) is 0 Å². The van der Waals surface area contributed by atoms with E-state index in [2.05, 4.69) is 27.0 Å². The summed E-state index contributed by atoms with van der Waals surface area (Å²) in [6.07, 6.45) is 11.7. The van der Waals surface area contributed by atoms with Gasteiger partial charge >= 0.3 is 0 Å². The van der Waals surface area contributed by atoms with Crippen molar-refractivity contribution >= 4 is 15.9 Å². The second kappa shape index (κ2) is 6.82. The monoisotopic (exact) mass is 326 g/mol. The van der Waals surface area contributed by atoms with E-state index in [-0.39, 0.29) is 11.6 Å². The second-order valence-electron chi connectivity index (χ2n) is 5.51. The average molecular weight is 327 g/mol. The van der Waals surface area contributed by atoms with Crippen LogP contribution in [-0.4, -0.2) is 23.7 Å². The molecule has 0 radical (unpaired) electrons. The normalized spacial score (nSPS) is 20.8. The van der Waals surface area contributed by atoms with Crippen LogP contribution in [0.5, 0.6) is 0 Å². The summed E-state index contributed by atoms with van der Waals surface area (Å²) in [4.78, 5) is 4.21. The van der Waals surface area contributed by atoms with E-state index in [0.717, 1.165) is 23.7 Å². The van der Waals surface area contributed by atoms with Gasteiger partial charge in [0.05, 0.1) is 5.60 Å². The molecule has 1 saturated carbocycles. The summed E-state index contributed by atoms with van der Waals surface area (Å²) >= 11 is 3.46. The molecule has 0 bridgehead atoms. The van der Waals surface area contributed by atoms with Gasteiger partial charge in [-0.25, -0.2) is 0 Å². The van der Waals surface area contributed by atoms with E-state index in [1.165, 1.54) is 31.2 Å². The predicted molar refractivity (Wildman–Crippen MR) is 81.1 cm³/mol. The van der Waals surface area contributed by atoms with E-state index in [9.17, 15) is 0 Å². The first-order chi connectivity index (χ1) is 9.16. The maximum Gasteiger partial charge on any atom is 0.0832 e. The first-order valence-corrected chi connectivity index (χ1v) is 7.86. The molecule has 1 heterocycles. The number of aromatic nitrogens is 1. The summed E-state index contributed by atoms with van der Waals surface area (Å²) in [6, 6.07) is 2.12. The van der Waals surface area contributed by atoms with E-state index >= 15 is 0 Å². The minimum Gasteiger partial charge on any atom is -0.377 e. The lowest BCUT2D eigenvalue weighted by molar-refractivity contribution is -0.0430. The summed E-state index contributed by atoms with van der Waals surface area (Å²) in [7, 11) is 1.81. The number of ether oxygens (including phenoxy) is 1. The number of nitrogens with two attached hydrogens (primary N) is 1. The predicted octanol–water partition coefficient (Wildman–Crippen LogP) is 3.45. The molecule has 3 nitrogen and oxygen atoms in total. The smallest absolute Gasteiger partial charge is 0.0832 e. The average Bonchev–Trinajstić information content (AvgIpc) is 2.65. The number of pyridine rings is 1. The van der Waals surface area contributed by atoms with Crippen LogP contribution in [0.3, 0.4) is 0 Å². The summed E-state index contributed by atoms with van der Waals surface area (Å²) in [5.41, 5.74) is 7.49. The van der Waals surface area contributed by atoms with Gasteiger partial charge in [0.15, 0.2) is 0 Å². The zero-order chi connectivity index (χ0) is 13.7. The minimum absolute atomic E-state index is 0.0340. The number of hydrogen-bond acceptors (Lipinski definition) is 3. The topological polar surface area (TPSA) is 48.1 Å². The van der Waals surface area contributed by atoms with Crippen molar-refractivity contribution in [3.05, 3.63) is 28.5 Å². The molecule has 4 heteroatoms. The largest absolute Gasteiger partial charge is 0.377 e. The lowest BCUT2D eigenvalue weighted by Gasteiger charge is -2.37. The Balaban J connectivity index is 2.09. The molecule has 1 aromatic heterocycles. The molecule has 1 fully saturated rings. The molecule has 0 spiro atoms. The van der Waals surface area contributed by atoms with E-state index < -0.39 is 0 Å². The highest BCUT2D eigenvalue weighted by Crippen LogP contribution is 2.33. The number of methoxy groups -OCH3 is 1. The highest BCUT2D eigenvalue weighted by molar-refractivity contribution is 9.10. The van der Waals surface area contributed by atoms with Gasteiger partial charge in [0, 0.05) is 30.0 Å². The molecule has 0 aromatic carbocycles. The summed E-state index contributed by atoms with van der Waals surface area (Å²) in [5, 5.41) is 0. The van der Waals surface area contributed by atoms with Gasteiger partial charge in [0.2, 0.25) is 0 Å². The molecule has 0 aliphatic heterocycles. The van der Waals surface area contributed by atoms with Gasteiger partial charge in [0.1, 0.15) is 0 Å².